The van der Waals surface area contributed by atoms with Crippen LogP contribution in [0.3, 0.4) is 0 Å². The van der Waals surface area contributed by atoms with Gasteiger partial charge < -0.3 is 4.74 Å². The van der Waals surface area contributed by atoms with Gasteiger partial charge in [0.1, 0.15) is 6.10 Å². The lowest BCUT2D eigenvalue weighted by Crippen LogP contribution is -2.43. The highest BCUT2D eigenvalue weighted by molar-refractivity contribution is 5.74. The lowest BCUT2D eigenvalue weighted by Gasteiger charge is -2.43. The number of ether oxygens (including phenoxy) is 1. The van der Waals surface area contributed by atoms with Crippen molar-refractivity contribution in [2.45, 2.75) is 99.5 Å². The van der Waals surface area contributed by atoms with Gasteiger partial charge in [-0.1, -0.05) is 67.7 Å². The topological polar surface area (TPSA) is 26.3 Å². The van der Waals surface area contributed by atoms with Crippen LogP contribution in [0.15, 0.2) is 0 Å². The molecule has 2 heteroatoms. The van der Waals surface area contributed by atoms with E-state index in [4.69, 9.17) is 4.74 Å². The van der Waals surface area contributed by atoms with E-state index >= 15 is 0 Å². The summed E-state index contributed by atoms with van der Waals surface area (Å²) in [6, 6.07) is 0. The summed E-state index contributed by atoms with van der Waals surface area (Å²) in [4.78, 5) is 13.0. The van der Waals surface area contributed by atoms with Crippen LogP contribution >= 0.6 is 0 Å². The minimum atomic E-state index is -0.0191. The Labute approximate surface area is 138 Å². The van der Waals surface area contributed by atoms with Gasteiger partial charge in [0, 0.05) is 0 Å². The average Bonchev–Trinajstić information content (AvgIpc) is 2.48. The van der Waals surface area contributed by atoms with E-state index in [1.165, 1.54) is 19.3 Å². The molecule has 2 nitrogen and oxygen atoms in total. The van der Waals surface area contributed by atoms with Gasteiger partial charge in [-0.2, -0.15) is 0 Å². The molecule has 0 amide bonds. The molecule has 1 aliphatic carbocycles. The molecule has 0 aromatic heterocycles. The van der Waals surface area contributed by atoms with E-state index in [0.717, 1.165) is 25.7 Å². The van der Waals surface area contributed by atoms with E-state index < -0.39 is 0 Å². The predicted molar refractivity (Wildman–Crippen MR) is 93.8 cm³/mol. The lowest BCUT2D eigenvalue weighted by molar-refractivity contribution is -0.165. The molecule has 0 spiro atoms. The van der Waals surface area contributed by atoms with Gasteiger partial charge in [0.25, 0.3) is 0 Å². The second-order valence-electron chi connectivity index (χ2n) is 8.65. The highest BCUT2D eigenvalue weighted by Gasteiger charge is 2.44. The lowest BCUT2D eigenvalue weighted by atomic mass is 9.62. The summed E-state index contributed by atoms with van der Waals surface area (Å²) in [5.41, 5.74) is 0.139. The van der Waals surface area contributed by atoms with Gasteiger partial charge >= 0.3 is 5.97 Å². The number of carbonyl (C=O) groups is 1. The highest BCUT2D eigenvalue weighted by atomic mass is 16.5. The first-order valence-corrected chi connectivity index (χ1v) is 9.36. The van der Waals surface area contributed by atoms with E-state index in [9.17, 15) is 4.79 Å². The number of rotatable bonds is 7. The van der Waals surface area contributed by atoms with Crippen molar-refractivity contribution in [1.29, 1.82) is 0 Å². The fraction of sp³-hybridized carbons (Fsp3) is 0.950. The molecule has 0 aromatic carbocycles. The molecule has 0 bridgehead atoms. The molecular weight excluding hydrogens is 272 g/mol. The van der Waals surface area contributed by atoms with Gasteiger partial charge in [-0.05, 0) is 42.4 Å². The third kappa shape index (κ3) is 4.73. The van der Waals surface area contributed by atoms with Gasteiger partial charge in [-0.15, -0.1) is 0 Å². The molecule has 1 fully saturated rings. The Hall–Kier alpha value is -0.530. The number of carbonyl (C=O) groups excluding carboxylic acids is 1. The maximum absolute atomic E-state index is 13.0. The largest absolute Gasteiger partial charge is 0.462 e. The van der Waals surface area contributed by atoms with E-state index in [1.807, 2.05) is 0 Å². The van der Waals surface area contributed by atoms with Crippen LogP contribution in [0.1, 0.15) is 93.4 Å². The van der Waals surface area contributed by atoms with Crippen LogP contribution in [0, 0.1) is 22.7 Å². The first-order chi connectivity index (χ1) is 10.2. The van der Waals surface area contributed by atoms with Crippen molar-refractivity contribution in [2.75, 3.05) is 0 Å². The summed E-state index contributed by atoms with van der Waals surface area (Å²) in [5.74, 6) is 0.352. The molecule has 1 aliphatic rings. The second kappa shape index (κ2) is 7.84. The number of hydrogen-bond donors (Lipinski definition) is 0. The van der Waals surface area contributed by atoms with Gasteiger partial charge in [0.05, 0.1) is 5.92 Å². The van der Waals surface area contributed by atoms with E-state index in [2.05, 4.69) is 48.5 Å². The van der Waals surface area contributed by atoms with Gasteiger partial charge in [-0.25, -0.2) is 0 Å². The zero-order valence-electron chi connectivity index (χ0n) is 16.0. The van der Waals surface area contributed by atoms with Crippen molar-refractivity contribution in [3.8, 4) is 0 Å². The fourth-order valence-corrected chi connectivity index (χ4v) is 3.61. The third-order valence-corrected chi connectivity index (χ3v) is 6.49. The summed E-state index contributed by atoms with van der Waals surface area (Å²) in [5, 5.41) is 0. The van der Waals surface area contributed by atoms with E-state index in [-0.39, 0.29) is 28.8 Å². The van der Waals surface area contributed by atoms with Crippen LogP contribution in [-0.4, -0.2) is 12.1 Å². The Morgan fingerprint density at radius 2 is 1.50 bits per heavy atom. The minimum absolute atomic E-state index is 0.0163. The van der Waals surface area contributed by atoms with Crippen LogP contribution in [0.4, 0.5) is 0 Å². The monoisotopic (exact) mass is 310 g/mol. The second-order valence-corrected chi connectivity index (χ2v) is 8.65. The van der Waals surface area contributed by atoms with Gasteiger partial charge in [0.15, 0.2) is 0 Å². The van der Waals surface area contributed by atoms with Crippen LogP contribution in [0.2, 0.25) is 0 Å². The zero-order valence-corrected chi connectivity index (χ0v) is 16.0. The van der Waals surface area contributed by atoms with Crippen LogP contribution < -0.4 is 0 Å². The van der Waals surface area contributed by atoms with Crippen molar-refractivity contribution in [1.82, 2.24) is 0 Å². The fourth-order valence-electron chi connectivity index (χ4n) is 3.61. The quantitative estimate of drug-likeness (QED) is 0.540. The minimum Gasteiger partial charge on any atom is -0.462 e. The van der Waals surface area contributed by atoms with Crippen molar-refractivity contribution in [2.24, 2.45) is 22.7 Å². The Morgan fingerprint density at radius 3 is 1.95 bits per heavy atom. The Morgan fingerprint density at radius 1 is 1.00 bits per heavy atom. The highest BCUT2D eigenvalue weighted by Crippen LogP contribution is 2.45. The van der Waals surface area contributed by atoms with Crippen molar-refractivity contribution in [3.63, 3.8) is 0 Å². The first kappa shape index (κ1) is 19.5. The number of hydrogen-bond acceptors (Lipinski definition) is 2. The molecule has 0 heterocycles. The van der Waals surface area contributed by atoms with Crippen molar-refractivity contribution in [3.05, 3.63) is 0 Å². The first-order valence-electron chi connectivity index (χ1n) is 9.36. The summed E-state index contributed by atoms with van der Waals surface area (Å²) in [6.07, 6.45) is 8.05. The van der Waals surface area contributed by atoms with Crippen molar-refractivity contribution < 1.29 is 9.53 Å². The molecule has 2 unspecified atom stereocenters. The Kier molecular flexibility index (Phi) is 6.95. The SMILES string of the molecule is CCC(C)(C)C(C)C(C(=O)OC1CCCCC1)C(C)(C)CC. The molecule has 22 heavy (non-hydrogen) atoms. The zero-order chi connectivity index (χ0) is 17.0. The maximum atomic E-state index is 13.0. The third-order valence-electron chi connectivity index (χ3n) is 6.49. The van der Waals surface area contributed by atoms with E-state index in [1.54, 1.807) is 0 Å². The summed E-state index contributed by atoms with van der Waals surface area (Å²) in [6.45, 7) is 15.7. The summed E-state index contributed by atoms with van der Waals surface area (Å²) < 4.78 is 5.96. The molecule has 2 atom stereocenters. The molecule has 130 valence electrons. The van der Waals surface area contributed by atoms with Gasteiger partial charge in [0.2, 0.25) is 0 Å². The van der Waals surface area contributed by atoms with Crippen LogP contribution in [0.25, 0.3) is 0 Å². The predicted octanol–water partition coefficient (Wildman–Crippen LogP) is 5.99. The molecule has 0 aliphatic heterocycles. The average molecular weight is 311 g/mol. The maximum Gasteiger partial charge on any atom is 0.310 e. The Bertz CT molecular complexity index is 351. The number of esters is 1. The van der Waals surface area contributed by atoms with Crippen LogP contribution in [-0.2, 0) is 9.53 Å². The molecule has 0 saturated heterocycles. The molecule has 0 aromatic rings. The van der Waals surface area contributed by atoms with Crippen LogP contribution in [0.5, 0.6) is 0 Å². The summed E-state index contributed by atoms with van der Waals surface area (Å²) in [7, 11) is 0. The normalized spacial score (nSPS) is 20.5. The molecular formula is C20H38O2. The molecule has 0 radical (unpaired) electrons. The standard InChI is InChI=1S/C20H38O2/c1-8-19(4,5)15(3)17(20(6,7)9-2)18(21)22-16-13-11-10-12-14-16/h15-17H,8-14H2,1-7H3. The Balaban J connectivity index is 2.92. The molecule has 1 rings (SSSR count). The summed E-state index contributed by atoms with van der Waals surface area (Å²) >= 11 is 0. The van der Waals surface area contributed by atoms with Crippen molar-refractivity contribution >= 4 is 5.97 Å². The van der Waals surface area contributed by atoms with Gasteiger partial charge in [-0.3, -0.25) is 4.79 Å². The van der Waals surface area contributed by atoms with E-state index in [0.29, 0.717) is 5.92 Å². The molecule has 1 saturated carbocycles. The molecule has 0 N–H and O–H groups in total. The smallest absolute Gasteiger partial charge is 0.310 e.